The number of aryl methyl sites for hydroxylation is 1. The van der Waals surface area contributed by atoms with E-state index in [-0.39, 0.29) is 6.10 Å². The lowest BCUT2D eigenvalue weighted by Gasteiger charge is -2.30. The third-order valence-corrected chi connectivity index (χ3v) is 3.35. The average molecular weight is 264 g/mol. The van der Waals surface area contributed by atoms with Gasteiger partial charge in [-0.05, 0) is 25.6 Å². The summed E-state index contributed by atoms with van der Waals surface area (Å²) in [6.07, 6.45) is 0.0972. The molecule has 1 fully saturated rings. The topological polar surface area (TPSA) is 61.8 Å². The van der Waals surface area contributed by atoms with E-state index in [1.807, 2.05) is 13.0 Å². The Kier molecular flexibility index (Phi) is 4.39. The molecule has 1 saturated heterocycles. The number of para-hydroxylation sites is 1. The van der Waals surface area contributed by atoms with Gasteiger partial charge in [-0.1, -0.05) is 12.1 Å². The summed E-state index contributed by atoms with van der Waals surface area (Å²) >= 11 is 0. The summed E-state index contributed by atoms with van der Waals surface area (Å²) in [5.41, 5.74) is 1.93. The Morgan fingerprint density at radius 3 is 3.05 bits per heavy atom. The van der Waals surface area contributed by atoms with Crippen molar-refractivity contribution >= 4 is 11.7 Å². The quantitative estimate of drug-likeness (QED) is 0.861. The van der Waals surface area contributed by atoms with Crippen LogP contribution in [0.4, 0.5) is 5.69 Å². The number of nitrogens with one attached hydrogen (secondary N) is 1. The van der Waals surface area contributed by atoms with Crippen molar-refractivity contribution in [2.45, 2.75) is 13.0 Å². The van der Waals surface area contributed by atoms with E-state index in [1.54, 1.807) is 12.1 Å². The zero-order chi connectivity index (χ0) is 13.8. The maximum Gasteiger partial charge on any atom is 0.337 e. The molecule has 1 heterocycles. The van der Waals surface area contributed by atoms with Crippen LogP contribution in [0.15, 0.2) is 18.2 Å². The van der Waals surface area contributed by atoms with Crippen LogP contribution in [0.25, 0.3) is 0 Å². The van der Waals surface area contributed by atoms with Crippen LogP contribution in [0.2, 0.25) is 0 Å². The summed E-state index contributed by atoms with van der Waals surface area (Å²) in [6.45, 7) is 5.06. The molecule has 5 heteroatoms. The molecular formula is C14H20N2O3. The lowest BCUT2D eigenvalue weighted by Crippen LogP contribution is -2.43. The van der Waals surface area contributed by atoms with E-state index in [2.05, 4.69) is 17.3 Å². The van der Waals surface area contributed by atoms with E-state index < -0.39 is 5.97 Å². The van der Waals surface area contributed by atoms with Crippen molar-refractivity contribution in [3.8, 4) is 0 Å². The van der Waals surface area contributed by atoms with Gasteiger partial charge >= 0.3 is 5.97 Å². The molecule has 1 aromatic rings. The number of carboxylic acids is 1. The fraction of sp³-hybridized carbons (Fsp3) is 0.500. The number of aromatic carboxylic acids is 1. The molecule has 1 aromatic carbocycles. The number of likely N-dealkylation sites (N-methyl/N-ethyl adjacent to an activating group) is 1. The highest BCUT2D eigenvalue weighted by Crippen LogP contribution is 2.21. The molecular weight excluding hydrogens is 244 g/mol. The van der Waals surface area contributed by atoms with E-state index >= 15 is 0 Å². The third-order valence-electron chi connectivity index (χ3n) is 3.35. The number of hydrogen-bond acceptors (Lipinski definition) is 4. The molecule has 0 bridgehead atoms. The standard InChI is InChI=1S/C14H20N2O3/c1-10-4-3-5-12(14(17)18)13(10)15-8-11-9-16(2)6-7-19-11/h3-5,11,15H,6-9H2,1-2H3,(H,17,18). The van der Waals surface area contributed by atoms with Gasteiger partial charge in [0, 0.05) is 19.6 Å². The second-order valence-corrected chi connectivity index (χ2v) is 4.94. The first-order valence-electron chi connectivity index (χ1n) is 6.45. The highest BCUT2D eigenvalue weighted by Gasteiger charge is 2.19. The molecule has 2 N–H and O–H groups in total. The van der Waals surface area contributed by atoms with Crippen molar-refractivity contribution in [1.82, 2.24) is 4.90 Å². The fourth-order valence-corrected chi connectivity index (χ4v) is 2.29. The van der Waals surface area contributed by atoms with Gasteiger partial charge in [0.1, 0.15) is 0 Å². The Balaban J connectivity index is 2.04. The zero-order valence-electron chi connectivity index (χ0n) is 11.3. The summed E-state index contributed by atoms with van der Waals surface area (Å²) in [5, 5.41) is 12.4. The van der Waals surface area contributed by atoms with Crippen LogP contribution in [-0.2, 0) is 4.74 Å². The van der Waals surface area contributed by atoms with Crippen molar-refractivity contribution in [3.63, 3.8) is 0 Å². The molecule has 0 radical (unpaired) electrons. The summed E-state index contributed by atoms with van der Waals surface area (Å²) < 4.78 is 5.66. The van der Waals surface area contributed by atoms with E-state index in [4.69, 9.17) is 4.74 Å². The predicted octanol–water partition coefficient (Wildman–Crippen LogP) is 1.44. The molecule has 1 unspecified atom stereocenters. The number of anilines is 1. The number of benzene rings is 1. The maximum absolute atomic E-state index is 11.2. The highest BCUT2D eigenvalue weighted by molar-refractivity contribution is 5.95. The second-order valence-electron chi connectivity index (χ2n) is 4.94. The van der Waals surface area contributed by atoms with Gasteiger partial charge in [0.2, 0.25) is 0 Å². The largest absolute Gasteiger partial charge is 0.478 e. The van der Waals surface area contributed by atoms with Crippen molar-refractivity contribution in [3.05, 3.63) is 29.3 Å². The minimum atomic E-state index is -0.909. The summed E-state index contributed by atoms with van der Waals surface area (Å²) in [7, 11) is 2.06. The number of ether oxygens (including phenoxy) is 1. The van der Waals surface area contributed by atoms with Gasteiger partial charge < -0.3 is 20.1 Å². The Morgan fingerprint density at radius 1 is 1.58 bits per heavy atom. The Morgan fingerprint density at radius 2 is 2.37 bits per heavy atom. The Hall–Kier alpha value is -1.59. The van der Waals surface area contributed by atoms with Gasteiger partial charge in [-0.2, -0.15) is 0 Å². The van der Waals surface area contributed by atoms with Crippen LogP contribution in [0.5, 0.6) is 0 Å². The molecule has 0 aliphatic carbocycles. The summed E-state index contributed by atoms with van der Waals surface area (Å²) in [5.74, 6) is -0.909. The van der Waals surface area contributed by atoms with Crippen molar-refractivity contribution in [1.29, 1.82) is 0 Å². The van der Waals surface area contributed by atoms with Gasteiger partial charge in [0.25, 0.3) is 0 Å². The minimum absolute atomic E-state index is 0.0972. The molecule has 5 nitrogen and oxygen atoms in total. The van der Waals surface area contributed by atoms with Crippen LogP contribution in [0.3, 0.4) is 0 Å². The summed E-state index contributed by atoms with van der Waals surface area (Å²) in [6, 6.07) is 5.28. The Labute approximate surface area is 113 Å². The minimum Gasteiger partial charge on any atom is -0.478 e. The normalized spacial score (nSPS) is 20.2. The van der Waals surface area contributed by atoms with Gasteiger partial charge in [-0.25, -0.2) is 4.79 Å². The molecule has 1 aliphatic rings. The van der Waals surface area contributed by atoms with Crippen LogP contribution >= 0.6 is 0 Å². The SMILES string of the molecule is Cc1cccc(C(=O)O)c1NCC1CN(C)CCO1. The van der Waals surface area contributed by atoms with Crippen LogP contribution < -0.4 is 5.32 Å². The van der Waals surface area contributed by atoms with E-state index in [0.717, 1.165) is 25.3 Å². The van der Waals surface area contributed by atoms with Gasteiger partial charge in [-0.3, -0.25) is 0 Å². The monoisotopic (exact) mass is 264 g/mol. The van der Waals surface area contributed by atoms with Gasteiger partial charge in [0.15, 0.2) is 0 Å². The lowest BCUT2D eigenvalue weighted by atomic mass is 10.1. The second kappa shape index (κ2) is 6.04. The molecule has 1 aliphatic heterocycles. The lowest BCUT2D eigenvalue weighted by molar-refractivity contribution is -0.0117. The molecule has 0 saturated carbocycles. The van der Waals surface area contributed by atoms with Crippen molar-refractivity contribution in [2.75, 3.05) is 38.6 Å². The first-order chi connectivity index (χ1) is 9.08. The van der Waals surface area contributed by atoms with Crippen LogP contribution in [0.1, 0.15) is 15.9 Å². The van der Waals surface area contributed by atoms with E-state index in [9.17, 15) is 9.90 Å². The molecule has 104 valence electrons. The first kappa shape index (κ1) is 13.8. The molecule has 2 rings (SSSR count). The highest BCUT2D eigenvalue weighted by atomic mass is 16.5. The first-order valence-corrected chi connectivity index (χ1v) is 6.45. The number of rotatable bonds is 4. The molecule has 0 aromatic heterocycles. The Bertz CT molecular complexity index is 462. The number of carbonyl (C=O) groups is 1. The number of morpholine rings is 1. The third kappa shape index (κ3) is 3.45. The zero-order valence-corrected chi connectivity index (χ0v) is 11.3. The molecule has 0 spiro atoms. The molecule has 0 amide bonds. The van der Waals surface area contributed by atoms with E-state index in [0.29, 0.717) is 17.8 Å². The number of hydrogen-bond donors (Lipinski definition) is 2. The predicted molar refractivity (Wildman–Crippen MR) is 73.9 cm³/mol. The van der Waals surface area contributed by atoms with E-state index in [1.165, 1.54) is 0 Å². The van der Waals surface area contributed by atoms with Gasteiger partial charge in [-0.15, -0.1) is 0 Å². The van der Waals surface area contributed by atoms with Gasteiger partial charge in [0.05, 0.1) is 24.0 Å². The molecule has 1 atom stereocenters. The fourth-order valence-electron chi connectivity index (χ4n) is 2.29. The molecule has 19 heavy (non-hydrogen) atoms. The number of nitrogens with zero attached hydrogens (tertiary/aromatic N) is 1. The number of carboxylic acid groups (broad SMARTS) is 1. The van der Waals surface area contributed by atoms with Crippen molar-refractivity contribution < 1.29 is 14.6 Å². The van der Waals surface area contributed by atoms with Crippen molar-refractivity contribution in [2.24, 2.45) is 0 Å². The summed E-state index contributed by atoms with van der Waals surface area (Å²) in [4.78, 5) is 13.4. The maximum atomic E-state index is 11.2. The average Bonchev–Trinajstić information content (AvgIpc) is 2.37. The van der Waals surface area contributed by atoms with Crippen LogP contribution in [0, 0.1) is 6.92 Å². The smallest absolute Gasteiger partial charge is 0.337 e. The van der Waals surface area contributed by atoms with Crippen LogP contribution in [-0.4, -0.2) is 55.4 Å².